The summed E-state index contributed by atoms with van der Waals surface area (Å²) >= 11 is 5.92. The van der Waals surface area contributed by atoms with Crippen LogP contribution in [-0.4, -0.2) is 33.4 Å². The van der Waals surface area contributed by atoms with Gasteiger partial charge in [-0.25, -0.2) is 4.68 Å². The average molecular weight is 350 g/mol. The van der Waals surface area contributed by atoms with Crippen molar-refractivity contribution in [3.63, 3.8) is 0 Å². The number of rotatable bonds is 6. The summed E-state index contributed by atoms with van der Waals surface area (Å²) in [7, 11) is 0. The van der Waals surface area contributed by atoms with Crippen molar-refractivity contribution in [2.75, 3.05) is 6.54 Å². The second-order valence-corrected chi connectivity index (χ2v) is 6.77. The molecule has 0 aliphatic carbocycles. The van der Waals surface area contributed by atoms with Crippen LogP contribution in [0.15, 0.2) is 24.3 Å². The molecule has 6 heteroatoms. The monoisotopic (exact) mass is 349 g/mol. The fourth-order valence-electron chi connectivity index (χ4n) is 2.44. The van der Waals surface area contributed by atoms with Gasteiger partial charge in [0.2, 0.25) is 5.91 Å². The molecule has 0 saturated carbocycles. The van der Waals surface area contributed by atoms with Crippen molar-refractivity contribution in [3.05, 3.63) is 46.2 Å². The van der Waals surface area contributed by atoms with Crippen LogP contribution in [0.5, 0.6) is 0 Å². The van der Waals surface area contributed by atoms with Crippen LogP contribution in [0.3, 0.4) is 0 Å². The highest BCUT2D eigenvalue weighted by Gasteiger charge is 2.17. The molecule has 1 heterocycles. The van der Waals surface area contributed by atoms with Gasteiger partial charge in [-0.15, -0.1) is 0 Å². The summed E-state index contributed by atoms with van der Waals surface area (Å²) in [5.74, 6) is -0.00187. The van der Waals surface area contributed by atoms with E-state index in [1.165, 1.54) is 0 Å². The van der Waals surface area contributed by atoms with Gasteiger partial charge in [0, 0.05) is 22.8 Å². The smallest absolute Gasteiger partial charge is 0.224 e. The van der Waals surface area contributed by atoms with Crippen LogP contribution in [0.2, 0.25) is 5.02 Å². The number of benzene rings is 1. The van der Waals surface area contributed by atoms with Crippen molar-refractivity contribution >= 4 is 17.5 Å². The Kier molecular flexibility index (Phi) is 6.02. The molecule has 0 fully saturated rings. The van der Waals surface area contributed by atoms with E-state index in [4.69, 9.17) is 11.6 Å². The third-order valence-electron chi connectivity index (χ3n) is 4.13. The van der Waals surface area contributed by atoms with Gasteiger partial charge in [0.15, 0.2) is 0 Å². The van der Waals surface area contributed by atoms with Gasteiger partial charge in [-0.1, -0.05) is 25.4 Å². The van der Waals surface area contributed by atoms with E-state index in [9.17, 15) is 9.90 Å². The van der Waals surface area contributed by atoms with Crippen molar-refractivity contribution in [1.29, 1.82) is 0 Å². The van der Waals surface area contributed by atoms with Crippen molar-refractivity contribution in [3.8, 4) is 5.69 Å². The van der Waals surface area contributed by atoms with E-state index in [1.807, 2.05) is 56.6 Å². The number of aliphatic hydroxyl groups excluding tert-OH is 1. The van der Waals surface area contributed by atoms with Gasteiger partial charge in [-0.05, 0) is 44.0 Å². The van der Waals surface area contributed by atoms with Crippen LogP contribution >= 0.6 is 11.6 Å². The van der Waals surface area contributed by atoms with E-state index in [-0.39, 0.29) is 24.8 Å². The fraction of sp³-hybridized carbons (Fsp3) is 0.444. The largest absolute Gasteiger partial charge is 0.391 e. The Hall–Kier alpha value is -1.85. The first-order valence-electron chi connectivity index (χ1n) is 8.05. The van der Waals surface area contributed by atoms with Crippen LogP contribution in [-0.2, 0) is 11.2 Å². The summed E-state index contributed by atoms with van der Waals surface area (Å²) in [6.07, 6.45) is -0.288. The lowest BCUT2D eigenvalue weighted by atomic mass is 10.1. The van der Waals surface area contributed by atoms with Gasteiger partial charge >= 0.3 is 0 Å². The number of nitrogens with zero attached hydrogens (tertiary/aromatic N) is 2. The van der Waals surface area contributed by atoms with Crippen LogP contribution in [0, 0.1) is 19.8 Å². The first kappa shape index (κ1) is 18.5. The molecule has 2 aromatic rings. The summed E-state index contributed by atoms with van der Waals surface area (Å²) in [6, 6.07) is 7.41. The Morgan fingerprint density at radius 2 is 1.92 bits per heavy atom. The molecule has 0 saturated heterocycles. The van der Waals surface area contributed by atoms with Crippen LogP contribution in [0.1, 0.15) is 30.8 Å². The predicted octanol–water partition coefficient (Wildman–Crippen LogP) is 2.82. The summed E-state index contributed by atoms with van der Waals surface area (Å²) < 4.78 is 1.82. The number of hydrogen-bond acceptors (Lipinski definition) is 3. The Labute approximate surface area is 147 Å². The van der Waals surface area contributed by atoms with E-state index < -0.39 is 6.10 Å². The highest BCUT2D eigenvalue weighted by molar-refractivity contribution is 6.30. The Bertz CT molecular complexity index is 708. The summed E-state index contributed by atoms with van der Waals surface area (Å²) in [5, 5.41) is 17.8. The molecule has 1 atom stereocenters. The maximum Gasteiger partial charge on any atom is 0.224 e. The molecule has 0 aliphatic rings. The molecular weight excluding hydrogens is 326 g/mol. The summed E-state index contributed by atoms with van der Waals surface area (Å²) in [4.78, 5) is 12.2. The van der Waals surface area contributed by atoms with E-state index >= 15 is 0 Å². The maximum absolute atomic E-state index is 12.2. The van der Waals surface area contributed by atoms with E-state index in [2.05, 4.69) is 10.4 Å². The van der Waals surface area contributed by atoms with Gasteiger partial charge in [0.05, 0.1) is 23.9 Å². The molecule has 24 heavy (non-hydrogen) atoms. The van der Waals surface area contributed by atoms with Crippen molar-refractivity contribution < 1.29 is 9.90 Å². The first-order valence-corrected chi connectivity index (χ1v) is 8.43. The predicted molar refractivity (Wildman–Crippen MR) is 95.6 cm³/mol. The number of carbonyl (C=O) groups is 1. The molecular formula is C18H24ClN3O2. The van der Waals surface area contributed by atoms with Crippen LogP contribution < -0.4 is 5.32 Å². The third-order valence-corrected chi connectivity index (χ3v) is 4.38. The summed E-state index contributed by atoms with van der Waals surface area (Å²) in [6.45, 7) is 7.94. The zero-order valence-corrected chi connectivity index (χ0v) is 15.3. The molecule has 1 unspecified atom stereocenters. The molecule has 0 aliphatic heterocycles. The van der Waals surface area contributed by atoms with Crippen molar-refractivity contribution in [2.45, 2.75) is 40.2 Å². The highest BCUT2D eigenvalue weighted by atomic mass is 35.5. The maximum atomic E-state index is 12.2. The Balaban J connectivity index is 2.11. The Morgan fingerprint density at radius 3 is 2.50 bits per heavy atom. The number of nitrogens with one attached hydrogen (secondary N) is 1. The second kappa shape index (κ2) is 7.81. The molecule has 5 nitrogen and oxygen atoms in total. The molecule has 0 spiro atoms. The standard InChI is InChI=1S/C18H24ClN3O2/c1-11(2)17(23)10-20-18(24)9-16-12(3)21-22(13(16)4)15-7-5-14(19)6-8-15/h5-8,11,17,23H,9-10H2,1-4H3,(H,20,24). The van der Waals surface area contributed by atoms with Crippen LogP contribution in [0.4, 0.5) is 0 Å². The SMILES string of the molecule is Cc1nn(-c2ccc(Cl)cc2)c(C)c1CC(=O)NCC(O)C(C)C. The molecule has 0 bridgehead atoms. The topological polar surface area (TPSA) is 67.2 Å². The number of aliphatic hydroxyl groups is 1. The number of halogens is 1. The van der Waals surface area contributed by atoms with E-state index in [0.717, 1.165) is 22.6 Å². The van der Waals surface area contributed by atoms with Gasteiger partial charge in [0.25, 0.3) is 0 Å². The number of hydrogen-bond donors (Lipinski definition) is 2. The molecule has 1 amide bonds. The van der Waals surface area contributed by atoms with Gasteiger partial charge in [0.1, 0.15) is 0 Å². The highest BCUT2D eigenvalue weighted by Crippen LogP contribution is 2.20. The molecule has 2 rings (SSSR count). The number of carbonyl (C=O) groups excluding carboxylic acids is 1. The first-order chi connectivity index (χ1) is 11.3. The van der Waals surface area contributed by atoms with E-state index in [0.29, 0.717) is 5.02 Å². The molecule has 1 aromatic heterocycles. The number of aromatic nitrogens is 2. The summed E-state index contributed by atoms with van der Waals surface area (Å²) in [5.41, 5.74) is 3.56. The number of amides is 1. The van der Waals surface area contributed by atoms with Gasteiger partial charge in [-0.2, -0.15) is 5.10 Å². The van der Waals surface area contributed by atoms with Gasteiger partial charge in [-0.3, -0.25) is 4.79 Å². The minimum Gasteiger partial charge on any atom is -0.391 e. The van der Waals surface area contributed by atoms with Crippen LogP contribution in [0.25, 0.3) is 5.69 Å². The van der Waals surface area contributed by atoms with Crippen molar-refractivity contribution in [1.82, 2.24) is 15.1 Å². The molecule has 1 aromatic carbocycles. The Morgan fingerprint density at radius 1 is 1.29 bits per heavy atom. The average Bonchev–Trinajstić information content (AvgIpc) is 2.81. The third kappa shape index (κ3) is 4.36. The molecule has 130 valence electrons. The molecule has 0 radical (unpaired) electrons. The normalized spacial score (nSPS) is 12.5. The minimum atomic E-state index is -0.534. The fourth-order valence-corrected chi connectivity index (χ4v) is 2.57. The van der Waals surface area contributed by atoms with E-state index in [1.54, 1.807) is 0 Å². The lowest BCUT2D eigenvalue weighted by molar-refractivity contribution is -0.121. The minimum absolute atomic E-state index is 0.112. The second-order valence-electron chi connectivity index (χ2n) is 6.33. The lowest BCUT2D eigenvalue weighted by Crippen LogP contribution is -2.35. The lowest BCUT2D eigenvalue weighted by Gasteiger charge is -2.15. The quantitative estimate of drug-likeness (QED) is 0.842. The van der Waals surface area contributed by atoms with Gasteiger partial charge < -0.3 is 10.4 Å². The zero-order chi connectivity index (χ0) is 17.9. The number of aryl methyl sites for hydroxylation is 1. The molecule has 2 N–H and O–H groups in total. The van der Waals surface area contributed by atoms with Crippen molar-refractivity contribution in [2.24, 2.45) is 5.92 Å². The zero-order valence-electron chi connectivity index (χ0n) is 14.5.